The number of aromatic nitrogens is 1. The second-order valence-electron chi connectivity index (χ2n) is 5.03. The van der Waals surface area contributed by atoms with Crippen LogP contribution in [-0.2, 0) is 0 Å². The van der Waals surface area contributed by atoms with Crippen LogP contribution < -0.4 is 10.2 Å². The summed E-state index contributed by atoms with van der Waals surface area (Å²) in [5, 5.41) is 3.43. The topological polar surface area (TPSA) is 28.2 Å². The van der Waals surface area contributed by atoms with Crippen LogP contribution in [0.5, 0.6) is 0 Å². The van der Waals surface area contributed by atoms with Crippen LogP contribution in [0.4, 0.5) is 17.2 Å². The smallest absolute Gasteiger partial charge is 0.140 e. The fourth-order valence-electron chi connectivity index (χ4n) is 2.50. The molecule has 0 spiro atoms. The fraction of sp³-hybridized carbons (Fsp3) is 0.250. The molecule has 0 atom stereocenters. The highest BCUT2D eigenvalue weighted by Gasteiger charge is 2.23. The van der Waals surface area contributed by atoms with Crippen molar-refractivity contribution in [2.75, 3.05) is 16.8 Å². The van der Waals surface area contributed by atoms with Crippen molar-refractivity contribution < 1.29 is 0 Å². The van der Waals surface area contributed by atoms with Crippen LogP contribution >= 0.6 is 12.2 Å². The zero-order valence-corrected chi connectivity index (χ0v) is 12.7. The Hall–Kier alpha value is -1.94. The largest absolute Gasteiger partial charge is 0.338 e. The number of hydrogen-bond acceptors (Lipinski definition) is 3. The van der Waals surface area contributed by atoms with Crippen molar-refractivity contribution in [2.24, 2.45) is 0 Å². The first-order valence-electron chi connectivity index (χ1n) is 6.77. The molecule has 1 aliphatic rings. The summed E-state index contributed by atoms with van der Waals surface area (Å²) in [7, 11) is 0. The lowest BCUT2D eigenvalue weighted by Crippen LogP contribution is -2.29. The number of hydrogen-bond donors (Lipinski definition) is 1. The van der Waals surface area contributed by atoms with Gasteiger partial charge in [-0.2, -0.15) is 0 Å². The van der Waals surface area contributed by atoms with Gasteiger partial charge in [0.25, 0.3) is 0 Å². The van der Waals surface area contributed by atoms with E-state index in [0.717, 1.165) is 34.3 Å². The molecule has 0 radical (unpaired) electrons. The molecule has 1 N–H and O–H groups in total. The van der Waals surface area contributed by atoms with Gasteiger partial charge in [0.1, 0.15) is 10.8 Å². The van der Waals surface area contributed by atoms with Crippen molar-refractivity contribution in [3.05, 3.63) is 47.2 Å². The van der Waals surface area contributed by atoms with Crippen LogP contribution in [0.3, 0.4) is 0 Å². The molecule has 0 saturated heterocycles. The first kappa shape index (κ1) is 13.1. The van der Waals surface area contributed by atoms with Gasteiger partial charge in [-0.25, -0.2) is 4.98 Å². The maximum atomic E-state index is 5.67. The van der Waals surface area contributed by atoms with E-state index in [1.54, 1.807) is 6.20 Å². The Bertz CT molecular complexity index is 694. The van der Waals surface area contributed by atoms with Crippen molar-refractivity contribution in [3.8, 4) is 0 Å². The molecular formula is C16H17N3S. The van der Waals surface area contributed by atoms with E-state index in [-0.39, 0.29) is 0 Å². The van der Waals surface area contributed by atoms with Crippen molar-refractivity contribution in [1.82, 2.24) is 4.98 Å². The quantitative estimate of drug-likeness (QED) is 0.802. The summed E-state index contributed by atoms with van der Waals surface area (Å²) in [6.45, 7) is 7.20. The molecular weight excluding hydrogens is 266 g/mol. The van der Waals surface area contributed by atoms with Gasteiger partial charge in [0, 0.05) is 12.7 Å². The van der Waals surface area contributed by atoms with Gasteiger partial charge in [-0.15, -0.1) is 0 Å². The summed E-state index contributed by atoms with van der Waals surface area (Å²) in [6, 6.07) is 8.30. The number of thiocarbonyl (C=S) groups is 1. The first-order valence-corrected chi connectivity index (χ1v) is 7.17. The maximum absolute atomic E-state index is 5.67. The third kappa shape index (κ3) is 1.96. The third-order valence-electron chi connectivity index (χ3n) is 3.76. The van der Waals surface area contributed by atoms with Gasteiger partial charge in [-0.1, -0.05) is 12.2 Å². The second kappa shape index (κ2) is 4.87. The molecule has 1 aromatic heterocycles. The summed E-state index contributed by atoms with van der Waals surface area (Å²) in [6.07, 6.45) is 1.79. The molecule has 102 valence electrons. The number of rotatable bonds is 1. The lowest BCUT2D eigenvalue weighted by atomic mass is 10.1. The van der Waals surface area contributed by atoms with Gasteiger partial charge in [-0.05, 0) is 56.2 Å². The van der Waals surface area contributed by atoms with E-state index in [4.69, 9.17) is 12.2 Å². The molecule has 3 nitrogen and oxygen atoms in total. The van der Waals surface area contributed by atoms with Crippen LogP contribution in [0, 0.1) is 13.8 Å². The minimum atomic E-state index is 0.824. The Kier molecular flexibility index (Phi) is 3.18. The molecule has 2 heterocycles. The predicted molar refractivity (Wildman–Crippen MR) is 88.2 cm³/mol. The highest BCUT2D eigenvalue weighted by atomic mass is 32.1. The zero-order valence-electron chi connectivity index (χ0n) is 11.9. The summed E-state index contributed by atoms with van der Waals surface area (Å²) in [5.41, 5.74) is 5.70. The van der Waals surface area contributed by atoms with Crippen molar-refractivity contribution >= 4 is 34.4 Å². The fourth-order valence-corrected chi connectivity index (χ4v) is 2.89. The van der Waals surface area contributed by atoms with Gasteiger partial charge in [0.2, 0.25) is 0 Å². The summed E-state index contributed by atoms with van der Waals surface area (Å²) >= 11 is 5.67. The highest BCUT2D eigenvalue weighted by Crippen LogP contribution is 2.36. The van der Waals surface area contributed by atoms with E-state index in [1.165, 1.54) is 11.1 Å². The molecule has 0 bridgehead atoms. The Labute approximate surface area is 124 Å². The second-order valence-corrected chi connectivity index (χ2v) is 5.41. The molecule has 20 heavy (non-hydrogen) atoms. The van der Waals surface area contributed by atoms with Crippen LogP contribution in [0.1, 0.15) is 23.6 Å². The van der Waals surface area contributed by atoms with Crippen molar-refractivity contribution in [2.45, 2.75) is 20.8 Å². The van der Waals surface area contributed by atoms with Crippen molar-refractivity contribution in [3.63, 3.8) is 0 Å². The number of aryl methyl sites for hydroxylation is 2. The molecule has 0 saturated carbocycles. The average molecular weight is 283 g/mol. The summed E-state index contributed by atoms with van der Waals surface area (Å²) in [5.74, 6) is 0.831. The van der Waals surface area contributed by atoms with E-state index >= 15 is 0 Å². The molecule has 1 aliphatic heterocycles. The molecule has 2 aromatic rings. The van der Waals surface area contributed by atoms with E-state index in [9.17, 15) is 0 Å². The number of fused-ring (bicyclic) bond motifs is 2. The SMILES string of the molecule is CCN1C(=S)c2cccnc2Nc2cc(C)c(C)cc21. The molecule has 0 unspecified atom stereocenters. The van der Waals surface area contributed by atoms with Crippen LogP contribution in [0.15, 0.2) is 30.5 Å². The third-order valence-corrected chi connectivity index (χ3v) is 4.20. The highest BCUT2D eigenvalue weighted by molar-refractivity contribution is 7.81. The molecule has 0 amide bonds. The predicted octanol–water partition coefficient (Wildman–Crippen LogP) is 3.96. The summed E-state index contributed by atoms with van der Waals surface area (Å²) in [4.78, 5) is 7.41. The minimum absolute atomic E-state index is 0.824. The lowest BCUT2D eigenvalue weighted by Gasteiger charge is -2.24. The molecule has 1 aromatic carbocycles. The van der Waals surface area contributed by atoms with Gasteiger partial charge in [0.15, 0.2) is 0 Å². The van der Waals surface area contributed by atoms with Crippen LogP contribution in [-0.4, -0.2) is 16.5 Å². The number of anilines is 3. The van der Waals surface area contributed by atoms with E-state index in [1.807, 2.05) is 12.1 Å². The van der Waals surface area contributed by atoms with Gasteiger partial charge in [-0.3, -0.25) is 0 Å². The monoisotopic (exact) mass is 283 g/mol. The standard InChI is InChI=1S/C16H17N3S/c1-4-19-14-9-11(3)10(2)8-13(14)18-15-12(16(19)20)6-5-7-17-15/h5-9H,4H2,1-3H3,(H,17,18). The average Bonchev–Trinajstić information content (AvgIpc) is 2.55. The van der Waals surface area contributed by atoms with Crippen LogP contribution in [0.2, 0.25) is 0 Å². The van der Waals surface area contributed by atoms with Crippen LogP contribution in [0.25, 0.3) is 0 Å². The van der Waals surface area contributed by atoms with Gasteiger partial charge in [0.05, 0.1) is 16.9 Å². The Morgan fingerprint density at radius 3 is 2.75 bits per heavy atom. The Balaban J connectivity index is 2.26. The first-order chi connectivity index (χ1) is 9.61. The van der Waals surface area contributed by atoms with Gasteiger partial charge < -0.3 is 10.2 Å². The Morgan fingerprint density at radius 1 is 1.25 bits per heavy atom. The normalized spacial score (nSPS) is 13.3. The number of nitrogens with zero attached hydrogens (tertiary/aromatic N) is 2. The van der Waals surface area contributed by atoms with Gasteiger partial charge >= 0.3 is 0 Å². The minimum Gasteiger partial charge on any atom is -0.338 e. The van der Waals surface area contributed by atoms with E-state index in [2.05, 4.69) is 48.1 Å². The summed E-state index contributed by atoms with van der Waals surface area (Å²) < 4.78 is 0. The number of nitrogens with one attached hydrogen (secondary N) is 1. The molecule has 3 rings (SSSR count). The number of benzene rings is 1. The number of pyridine rings is 1. The van der Waals surface area contributed by atoms with E-state index < -0.39 is 0 Å². The lowest BCUT2D eigenvalue weighted by molar-refractivity contribution is 1.07. The molecule has 0 fully saturated rings. The maximum Gasteiger partial charge on any atom is 0.140 e. The van der Waals surface area contributed by atoms with Crippen molar-refractivity contribution in [1.29, 1.82) is 0 Å². The Morgan fingerprint density at radius 2 is 2.00 bits per heavy atom. The molecule has 4 heteroatoms. The molecule has 0 aliphatic carbocycles. The van der Waals surface area contributed by atoms with E-state index in [0.29, 0.717) is 0 Å². The zero-order chi connectivity index (χ0) is 14.3.